The molecule has 25 heavy (non-hydrogen) atoms. The molecule has 0 aliphatic rings. The number of methoxy groups -OCH3 is 1. The van der Waals surface area contributed by atoms with Crippen LogP contribution in [0.4, 0.5) is 5.69 Å². The van der Waals surface area contributed by atoms with Crippen molar-refractivity contribution < 1.29 is 19.2 Å². The summed E-state index contributed by atoms with van der Waals surface area (Å²) in [5.41, 5.74) is 1.43. The Morgan fingerprint density at radius 1 is 1.12 bits per heavy atom. The van der Waals surface area contributed by atoms with E-state index in [0.29, 0.717) is 0 Å². The number of para-hydroxylation sites is 1. The minimum absolute atomic E-state index is 0.0648. The molecule has 0 heterocycles. The second-order valence-corrected chi connectivity index (χ2v) is 5.44. The van der Waals surface area contributed by atoms with Crippen molar-refractivity contribution in [1.82, 2.24) is 4.90 Å². The predicted octanol–water partition coefficient (Wildman–Crippen LogP) is 2.72. The van der Waals surface area contributed by atoms with E-state index >= 15 is 0 Å². The lowest BCUT2D eigenvalue weighted by molar-refractivity contribution is -0.385. The quantitative estimate of drug-likeness (QED) is 0.457. The predicted molar refractivity (Wildman–Crippen MR) is 91.0 cm³/mol. The normalized spacial score (nSPS) is 10.2. The smallest absolute Gasteiger partial charge is 0.325 e. The summed E-state index contributed by atoms with van der Waals surface area (Å²) in [7, 11) is 1.23. The fourth-order valence-corrected chi connectivity index (χ4v) is 2.40. The lowest BCUT2D eigenvalue weighted by Gasteiger charge is -2.22. The zero-order valence-electron chi connectivity index (χ0n) is 14.0. The van der Waals surface area contributed by atoms with E-state index in [2.05, 4.69) is 4.74 Å². The number of benzene rings is 2. The van der Waals surface area contributed by atoms with E-state index in [-0.39, 0.29) is 24.3 Å². The maximum Gasteiger partial charge on any atom is 0.325 e. The van der Waals surface area contributed by atoms with Crippen LogP contribution in [0.2, 0.25) is 0 Å². The molecule has 0 fully saturated rings. The van der Waals surface area contributed by atoms with Crippen LogP contribution in [0.15, 0.2) is 48.5 Å². The average molecular weight is 342 g/mol. The number of carbonyl (C=O) groups is 2. The molecule has 0 saturated heterocycles. The van der Waals surface area contributed by atoms with Gasteiger partial charge in [-0.05, 0) is 24.1 Å². The Hall–Kier alpha value is -3.22. The molecule has 2 aromatic rings. The second-order valence-electron chi connectivity index (χ2n) is 5.44. The van der Waals surface area contributed by atoms with Gasteiger partial charge in [0, 0.05) is 12.6 Å². The molecule has 0 N–H and O–H groups in total. The zero-order valence-corrected chi connectivity index (χ0v) is 14.0. The number of esters is 1. The van der Waals surface area contributed by atoms with Crippen LogP contribution in [0.1, 0.15) is 21.5 Å². The largest absolute Gasteiger partial charge is 0.468 e. The molecule has 0 aromatic heterocycles. The van der Waals surface area contributed by atoms with E-state index in [1.165, 1.54) is 30.2 Å². The highest BCUT2D eigenvalue weighted by molar-refractivity contribution is 5.99. The topological polar surface area (TPSA) is 89.8 Å². The van der Waals surface area contributed by atoms with Crippen molar-refractivity contribution >= 4 is 17.6 Å². The maximum atomic E-state index is 12.9. The van der Waals surface area contributed by atoms with Gasteiger partial charge in [0.15, 0.2) is 0 Å². The Kier molecular flexibility index (Phi) is 5.84. The summed E-state index contributed by atoms with van der Waals surface area (Å²) in [6.45, 7) is 1.74. The van der Waals surface area contributed by atoms with Crippen LogP contribution in [0.5, 0.6) is 0 Å². The van der Waals surface area contributed by atoms with Gasteiger partial charge in [-0.2, -0.15) is 0 Å². The Morgan fingerprint density at radius 3 is 2.40 bits per heavy atom. The second kappa shape index (κ2) is 8.05. The van der Waals surface area contributed by atoms with E-state index in [1.54, 1.807) is 6.07 Å². The van der Waals surface area contributed by atoms with Crippen molar-refractivity contribution in [3.05, 3.63) is 75.3 Å². The van der Waals surface area contributed by atoms with E-state index < -0.39 is 16.8 Å². The molecule has 130 valence electrons. The summed E-state index contributed by atoms with van der Waals surface area (Å²) in [6, 6.07) is 13.1. The van der Waals surface area contributed by atoms with Crippen LogP contribution >= 0.6 is 0 Å². The van der Waals surface area contributed by atoms with Gasteiger partial charge in [0.2, 0.25) is 0 Å². The molecule has 7 nitrogen and oxygen atoms in total. The van der Waals surface area contributed by atoms with Gasteiger partial charge < -0.3 is 9.64 Å². The van der Waals surface area contributed by atoms with Gasteiger partial charge >= 0.3 is 5.97 Å². The SMILES string of the molecule is COC(=O)CN(Cc1ccccc1C)C(=O)c1ccccc1[N+](=O)[O-]. The van der Waals surface area contributed by atoms with Crippen molar-refractivity contribution in [3.63, 3.8) is 0 Å². The number of nitro benzene ring substituents is 1. The number of hydrogen-bond acceptors (Lipinski definition) is 5. The van der Waals surface area contributed by atoms with Crippen molar-refractivity contribution in [1.29, 1.82) is 0 Å². The first-order chi connectivity index (χ1) is 11.9. The third-order valence-electron chi connectivity index (χ3n) is 3.79. The van der Waals surface area contributed by atoms with Gasteiger partial charge in [-0.15, -0.1) is 0 Å². The van der Waals surface area contributed by atoms with Crippen molar-refractivity contribution in [3.8, 4) is 0 Å². The van der Waals surface area contributed by atoms with Gasteiger partial charge in [0.25, 0.3) is 11.6 Å². The highest BCUT2D eigenvalue weighted by atomic mass is 16.6. The molecule has 0 aliphatic carbocycles. The number of ether oxygens (including phenoxy) is 1. The molecule has 0 unspecified atom stereocenters. The highest BCUT2D eigenvalue weighted by Gasteiger charge is 2.26. The molecule has 0 bridgehead atoms. The van der Waals surface area contributed by atoms with Crippen LogP contribution in [0.3, 0.4) is 0 Å². The van der Waals surface area contributed by atoms with E-state index in [1.807, 2.05) is 31.2 Å². The number of nitrogens with zero attached hydrogens (tertiary/aromatic N) is 2. The Morgan fingerprint density at radius 2 is 1.76 bits per heavy atom. The average Bonchev–Trinajstić information content (AvgIpc) is 2.62. The van der Waals surface area contributed by atoms with Crippen LogP contribution in [0.25, 0.3) is 0 Å². The molecule has 7 heteroatoms. The third-order valence-corrected chi connectivity index (χ3v) is 3.79. The minimum atomic E-state index is -0.614. The number of carbonyl (C=O) groups excluding carboxylic acids is 2. The molecule has 2 rings (SSSR count). The molecule has 0 atom stereocenters. The molecule has 0 saturated carbocycles. The monoisotopic (exact) mass is 342 g/mol. The molecule has 0 spiro atoms. The Labute approximate surface area is 145 Å². The summed E-state index contributed by atoms with van der Waals surface area (Å²) in [4.78, 5) is 36.4. The molecular formula is C18H18N2O5. The van der Waals surface area contributed by atoms with Crippen LogP contribution in [0, 0.1) is 17.0 Å². The molecule has 1 amide bonds. The van der Waals surface area contributed by atoms with Crippen LogP contribution in [-0.2, 0) is 16.1 Å². The first-order valence-electron chi connectivity index (χ1n) is 7.58. The van der Waals surface area contributed by atoms with Crippen LogP contribution < -0.4 is 0 Å². The fraction of sp³-hybridized carbons (Fsp3) is 0.222. The van der Waals surface area contributed by atoms with Crippen molar-refractivity contribution in [2.45, 2.75) is 13.5 Å². The molecule has 0 aliphatic heterocycles. The van der Waals surface area contributed by atoms with E-state index in [0.717, 1.165) is 11.1 Å². The van der Waals surface area contributed by atoms with Crippen molar-refractivity contribution in [2.24, 2.45) is 0 Å². The van der Waals surface area contributed by atoms with E-state index in [4.69, 9.17) is 0 Å². The number of amides is 1. The summed E-state index contributed by atoms with van der Waals surface area (Å²) < 4.78 is 4.65. The minimum Gasteiger partial charge on any atom is -0.468 e. The zero-order chi connectivity index (χ0) is 18.4. The number of nitro groups is 1. The van der Waals surface area contributed by atoms with E-state index in [9.17, 15) is 19.7 Å². The first kappa shape index (κ1) is 18.1. The first-order valence-corrected chi connectivity index (χ1v) is 7.58. The number of rotatable bonds is 6. The molecular weight excluding hydrogens is 324 g/mol. The molecule has 2 aromatic carbocycles. The maximum absolute atomic E-state index is 12.9. The van der Waals surface area contributed by atoms with Crippen LogP contribution in [-0.4, -0.2) is 35.4 Å². The lowest BCUT2D eigenvalue weighted by atomic mass is 10.1. The fourth-order valence-electron chi connectivity index (χ4n) is 2.40. The molecule has 0 radical (unpaired) electrons. The Bertz CT molecular complexity index is 804. The highest BCUT2D eigenvalue weighted by Crippen LogP contribution is 2.21. The number of hydrogen-bond donors (Lipinski definition) is 0. The van der Waals surface area contributed by atoms with Gasteiger partial charge in [0.1, 0.15) is 12.1 Å². The van der Waals surface area contributed by atoms with Gasteiger partial charge in [-0.3, -0.25) is 19.7 Å². The standard InChI is InChI=1S/C18H18N2O5/c1-13-7-3-4-8-14(13)11-19(12-17(21)25-2)18(22)15-9-5-6-10-16(15)20(23)24/h3-10H,11-12H2,1-2H3. The summed E-state index contributed by atoms with van der Waals surface area (Å²) in [5.74, 6) is -1.19. The van der Waals surface area contributed by atoms with Gasteiger partial charge in [0.05, 0.1) is 12.0 Å². The van der Waals surface area contributed by atoms with Crippen molar-refractivity contribution in [2.75, 3.05) is 13.7 Å². The lowest BCUT2D eigenvalue weighted by Crippen LogP contribution is -2.36. The summed E-state index contributed by atoms with van der Waals surface area (Å²) >= 11 is 0. The summed E-state index contributed by atoms with van der Waals surface area (Å²) in [5, 5.41) is 11.2. The van der Waals surface area contributed by atoms with Gasteiger partial charge in [-0.1, -0.05) is 36.4 Å². The van der Waals surface area contributed by atoms with Gasteiger partial charge in [-0.25, -0.2) is 0 Å². The Balaban J connectivity index is 2.38. The summed E-state index contributed by atoms with van der Waals surface area (Å²) in [6.07, 6.45) is 0. The third kappa shape index (κ3) is 4.41. The number of aryl methyl sites for hydroxylation is 1.